The van der Waals surface area contributed by atoms with Crippen LogP contribution in [0.5, 0.6) is 0 Å². The first-order chi connectivity index (χ1) is 8.77. The first-order valence-corrected chi connectivity index (χ1v) is 6.92. The highest BCUT2D eigenvalue weighted by Crippen LogP contribution is 2.34. The number of nitrogens with zero attached hydrogens (tertiary/aromatic N) is 1. The number of fused-ring (bicyclic) bond motifs is 1. The van der Waals surface area contributed by atoms with Crippen LogP contribution in [0.15, 0.2) is 18.3 Å². The van der Waals surface area contributed by atoms with Crippen LogP contribution in [0.4, 0.5) is 0 Å². The fourth-order valence-corrected chi connectivity index (χ4v) is 2.95. The molecular weight excluding hydrogens is 226 g/mol. The Morgan fingerprint density at radius 1 is 1.56 bits per heavy atom. The van der Waals surface area contributed by atoms with Crippen LogP contribution in [0, 0.1) is 0 Å². The molecule has 3 unspecified atom stereocenters. The Morgan fingerprint density at radius 2 is 2.39 bits per heavy atom. The number of aliphatic hydroxyl groups is 1. The lowest BCUT2D eigenvalue weighted by Crippen LogP contribution is -2.35. The number of hydrogen-bond acceptors (Lipinski definition) is 3. The van der Waals surface area contributed by atoms with Crippen LogP contribution in [-0.4, -0.2) is 29.4 Å². The lowest BCUT2D eigenvalue weighted by Gasteiger charge is -2.32. The molecule has 0 amide bonds. The summed E-state index contributed by atoms with van der Waals surface area (Å²) in [6.07, 6.45) is 6.45. The lowest BCUT2D eigenvalue weighted by molar-refractivity contribution is -0.0329. The molecular formula is C15H23NO2. The molecule has 1 heterocycles. The van der Waals surface area contributed by atoms with E-state index in [1.54, 1.807) is 7.11 Å². The standard InChI is InChI=1S/C15H23NO2/c1-3-6-13(18-2)15(17)12-9-4-7-11-8-5-10-16-14(11)12/h5,8,10,12-13,15,17H,3-4,6-7,9H2,1-2H3. The van der Waals surface area contributed by atoms with Crippen LogP contribution in [0.2, 0.25) is 0 Å². The van der Waals surface area contributed by atoms with Crippen molar-refractivity contribution in [3.05, 3.63) is 29.6 Å². The predicted octanol–water partition coefficient (Wildman–Crippen LogP) is 2.68. The Labute approximate surface area is 109 Å². The zero-order valence-corrected chi connectivity index (χ0v) is 11.3. The molecule has 0 saturated heterocycles. The van der Waals surface area contributed by atoms with Crippen molar-refractivity contribution >= 4 is 0 Å². The van der Waals surface area contributed by atoms with Crippen LogP contribution >= 0.6 is 0 Å². The molecule has 3 atom stereocenters. The Kier molecular flexibility index (Phi) is 4.72. The minimum atomic E-state index is -0.441. The summed E-state index contributed by atoms with van der Waals surface area (Å²) in [6.45, 7) is 2.12. The van der Waals surface area contributed by atoms with E-state index >= 15 is 0 Å². The van der Waals surface area contributed by atoms with Gasteiger partial charge in [0.15, 0.2) is 0 Å². The third-order valence-corrected chi connectivity index (χ3v) is 3.91. The largest absolute Gasteiger partial charge is 0.390 e. The van der Waals surface area contributed by atoms with Crippen LogP contribution in [0.3, 0.4) is 0 Å². The molecule has 1 aromatic rings. The normalized spacial score (nSPS) is 22.3. The van der Waals surface area contributed by atoms with Gasteiger partial charge in [-0.05, 0) is 37.3 Å². The van der Waals surface area contributed by atoms with Crippen molar-refractivity contribution in [2.45, 2.75) is 57.2 Å². The Hall–Kier alpha value is -0.930. The van der Waals surface area contributed by atoms with Gasteiger partial charge in [0.25, 0.3) is 0 Å². The summed E-state index contributed by atoms with van der Waals surface area (Å²) in [5.74, 6) is 0.131. The number of aryl methyl sites for hydroxylation is 1. The van der Waals surface area contributed by atoms with E-state index in [0.29, 0.717) is 0 Å². The molecule has 18 heavy (non-hydrogen) atoms. The highest BCUT2D eigenvalue weighted by atomic mass is 16.5. The summed E-state index contributed by atoms with van der Waals surface area (Å²) in [5, 5.41) is 10.5. The van der Waals surface area contributed by atoms with Gasteiger partial charge in [0, 0.05) is 24.9 Å². The zero-order chi connectivity index (χ0) is 13.0. The molecule has 3 nitrogen and oxygen atoms in total. The third-order valence-electron chi connectivity index (χ3n) is 3.91. The first-order valence-electron chi connectivity index (χ1n) is 6.92. The van der Waals surface area contributed by atoms with Gasteiger partial charge in [-0.2, -0.15) is 0 Å². The van der Waals surface area contributed by atoms with Gasteiger partial charge >= 0.3 is 0 Å². The maximum atomic E-state index is 10.5. The van der Waals surface area contributed by atoms with E-state index in [9.17, 15) is 5.11 Å². The second kappa shape index (κ2) is 6.30. The predicted molar refractivity (Wildman–Crippen MR) is 71.6 cm³/mol. The van der Waals surface area contributed by atoms with Crippen molar-refractivity contribution < 1.29 is 9.84 Å². The average molecular weight is 249 g/mol. The Bertz CT molecular complexity index is 381. The number of rotatable bonds is 5. The summed E-state index contributed by atoms with van der Waals surface area (Å²) in [4.78, 5) is 4.48. The van der Waals surface area contributed by atoms with Crippen molar-refractivity contribution in [1.82, 2.24) is 4.98 Å². The number of aromatic nitrogens is 1. The van der Waals surface area contributed by atoms with E-state index in [0.717, 1.165) is 37.8 Å². The molecule has 0 fully saturated rings. The first kappa shape index (κ1) is 13.5. The van der Waals surface area contributed by atoms with Crippen LogP contribution in [-0.2, 0) is 11.2 Å². The Morgan fingerprint density at radius 3 is 3.11 bits per heavy atom. The van der Waals surface area contributed by atoms with Crippen LogP contribution < -0.4 is 0 Å². The SMILES string of the molecule is CCCC(OC)C(O)C1CCCc2cccnc21. The number of ether oxygens (including phenoxy) is 1. The molecule has 1 N–H and O–H groups in total. The molecule has 1 aromatic heterocycles. The van der Waals surface area contributed by atoms with Gasteiger partial charge in [0.2, 0.25) is 0 Å². The van der Waals surface area contributed by atoms with Crippen molar-refractivity contribution in [2.24, 2.45) is 0 Å². The fourth-order valence-electron chi connectivity index (χ4n) is 2.95. The smallest absolute Gasteiger partial charge is 0.0885 e. The molecule has 0 radical (unpaired) electrons. The second-order valence-corrected chi connectivity index (χ2v) is 5.10. The van der Waals surface area contributed by atoms with E-state index in [-0.39, 0.29) is 12.0 Å². The van der Waals surface area contributed by atoms with Gasteiger partial charge in [-0.25, -0.2) is 0 Å². The fraction of sp³-hybridized carbons (Fsp3) is 0.667. The van der Waals surface area contributed by atoms with E-state index in [1.165, 1.54) is 5.56 Å². The summed E-state index contributed by atoms with van der Waals surface area (Å²) < 4.78 is 5.44. The molecule has 2 rings (SSSR count). The number of hydrogen-bond donors (Lipinski definition) is 1. The highest BCUT2D eigenvalue weighted by Gasteiger charge is 2.32. The zero-order valence-electron chi connectivity index (χ0n) is 11.3. The van der Waals surface area contributed by atoms with E-state index < -0.39 is 6.10 Å². The van der Waals surface area contributed by atoms with E-state index in [1.807, 2.05) is 12.3 Å². The summed E-state index contributed by atoms with van der Waals surface area (Å²) >= 11 is 0. The number of methoxy groups -OCH3 is 1. The van der Waals surface area contributed by atoms with Crippen molar-refractivity contribution in [3.63, 3.8) is 0 Å². The lowest BCUT2D eigenvalue weighted by atomic mass is 9.81. The van der Waals surface area contributed by atoms with Crippen LogP contribution in [0.25, 0.3) is 0 Å². The van der Waals surface area contributed by atoms with Gasteiger partial charge in [0.05, 0.1) is 12.2 Å². The summed E-state index contributed by atoms with van der Waals surface area (Å²) in [7, 11) is 1.69. The molecule has 0 aliphatic heterocycles. The molecule has 0 bridgehead atoms. The topological polar surface area (TPSA) is 42.4 Å². The van der Waals surface area contributed by atoms with Gasteiger partial charge in [-0.1, -0.05) is 19.4 Å². The Balaban J connectivity index is 2.18. The van der Waals surface area contributed by atoms with Gasteiger partial charge in [-0.15, -0.1) is 0 Å². The maximum Gasteiger partial charge on any atom is 0.0885 e. The highest BCUT2D eigenvalue weighted by molar-refractivity contribution is 5.27. The summed E-state index contributed by atoms with van der Waals surface area (Å²) in [6, 6.07) is 4.11. The van der Waals surface area contributed by atoms with Crippen LogP contribution in [0.1, 0.15) is 49.8 Å². The molecule has 0 aromatic carbocycles. The molecule has 1 aliphatic carbocycles. The molecule has 0 spiro atoms. The monoisotopic (exact) mass is 249 g/mol. The van der Waals surface area contributed by atoms with E-state index in [4.69, 9.17) is 4.74 Å². The summed E-state index contributed by atoms with van der Waals surface area (Å²) in [5.41, 5.74) is 2.37. The molecule has 3 heteroatoms. The average Bonchev–Trinajstić information content (AvgIpc) is 2.43. The maximum absolute atomic E-state index is 10.5. The van der Waals surface area contributed by atoms with Gasteiger partial charge in [-0.3, -0.25) is 4.98 Å². The second-order valence-electron chi connectivity index (χ2n) is 5.10. The minimum Gasteiger partial charge on any atom is -0.390 e. The van der Waals surface area contributed by atoms with Crippen molar-refractivity contribution in [1.29, 1.82) is 0 Å². The third kappa shape index (κ3) is 2.73. The molecule has 1 aliphatic rings. The van der Waals surface area contributed by atoms with Crippen molar-refractivity contribution in [2.75, 3.05) is 7.11 Å². The molecule has 100 valence electrons. The van der Waals surface area contributed by atoms with Crippen molar-refractivity contribution in [3.8, 4) is 0 Å². The number of aliphatic hydroxyl groups excluding tert-OH is 1. The number of pyridine rings is 1. The quantitative estimate of drug-likeness (QED) is 0.872. The molecule has 0 saturated carbocycles. The van der Waals surface area contributed by atoms with E-state index in [2.05, 4.69) is 18.0 Å². The van der Waals surface area contributed by atoms with Gasteiger partial charge in [0.1, 0.15) is 0 Å². The van der Waals surface area contributed by atoms with Gasteiger partial charge < -0.3 is 9.84 Å². The minimum absolute atomic E-state index is 0.0760.